The number of aryl methyl sites for hydroxylation is 2. The Morgan fingerprint density at radius 3 is 1.40 bits per heavy atom. The van der Waals surface area contributed by atoms with Crippen LogP contribution in [0.3, 0.4) is 0 Å². The van der Waals surface area contributed by atoms with E-state index in [0.717, 1.165) is 65.6 Å². The Morgan fingerprint density at radius 1 is 0.500 bits per heavy atom. The van der Waals surface area contributed by atoms with Crippen LogP contribution in [0.4, 0.5) is 0 Å². The van der Waals surface area contributed by atoms with Gasteiger partial charge in [-0.25, -0.2) is 0 Å². The molecular formula is C36H24N6. The van der Waals surface area contributed by atoms with Gasteiger partial charge in [-0.05, 0) is 79.8 Å². The van der Waals surface area contributed by atoms with Crippen LogP contribution in [0.5, 0.6) is 0 Å². The molecule has 42 heavy (non-hydrogen) atoms. The van der Waals surface area contributed by atoms with Gasteiger partial charge in [-0.3, -0.25) is 19.3 Å². The van der Waals surface area contributed by atoms with Gasteiger partial charge in [-0.2, -0.15) is 10.2 Å². The SMILES string of the molecule is Cn1cc2ccc3c(-c4cccnc4)cc4cc5c(cc(-c6cccnc6)c6ccc7cn(C)nc7c65)cc4c3c2n1. The molecule has 0 aliphatic rings. The molecule has 6 nitrogen and oxygen atoms in total. The number of nitrogens with zero attached hydrogens (tertiary/aromatic N) is 6. The zero-order valence-electron chi connectivity index (χ0n) is 23.1. The zero-order valence-corrected chi connectivity index (χ0v) is 23.1. The van der Waals surface area contributed by atoms with Gasteiger partial charge >= 0.3 is 0 Å². The quantitative estimate of drug-likeness (QED) is 0.164. The molecule has 0 fully saturated rings. The Morgan fingerprint density at radius 2 is 0.976 bits per heavy atom. The Bertz CT molecular complexity index is 2350. The van der Waals surface area contributed by atoms with E-state index in [-0.39, 0.29) is 0 Å². The minimum absolute atomic E-state index is 1.01. The lowest BCUT2D eigenvalue weighted by atomic mass is 9.88. The van der Waals surface area contributed by atoms with Gasteiger partial charge in [0.15, 0.2) is 0 Å². The largest absolute Gasteiger partial charge is 0.275 e. The van der Waals surface area contributed by atoms with E-state index in [1.165, 1.54) is 21.5 Å². The van der Waals surface area contributed by atoms with Crippen molar-refractivity contribution in [1.82, 2.24) is 29.5 Å². The van der Waals surface area contributed by atoms with E-state index in [0.29, 0.717) is 0 Å². The minimum Gasteiger partial charge on any atom is -0.275 e. The highest BCUT2D eigenvalue weighted by Gasteiger charge is 2.18. The van der Waals surface area contributed by atoms with Gasteiger partial charge in [0.25, 0.3) is 0 Å². The summed E-state index contributed by atoms with van der Waals surface area (Å²) in [6.45, 7) is 0. The highest BCUT2D eigenvalue weighted by atomic mass is 15.2. The van der Waals surface area contributed by atoms with Gasteiger partial charge in [0.05, 0.1) is 0 Å². The van der Waals surface area contributed by atoms with Gasteiger partial charge in [0, 0.05) is 83.9 Å². The molecule has 0 radical (unpaired) electrons. The van der Waals surface area contributed by atoms with E-state index < -0.39 is 0 Å². The maximum Gasteiger partial charge on any atom is 0.101 e. The Hall–Kier alpha value is -5.62. The number of benzene rings is 5. The number of fused-ring (bicyclic) bond motifs is 10. The first kappa shape index (κ1) is 23.1. The van der Waals surface area contributed by atoms with E-state index >= 15 is 0 Å². The Labute approximate surface area is 240 Å². The first-order valence-electron chi connectivity index (χ1n) is 14.0. The molecule has 0 N–H and O–H groups in total. The number of rotatable bonds is 2. The third-order valence-electron chi connectivity index (χ3n) is 8.47. The van der Waals surface area contributed by atoms with Crippen LogP contribution in [-0.4, -0.2) is 29.5 Å². The van der Waals surface area contributed by atoms with Crippen LogP contribution in [0, 0.1) is 0 Å². The van der Waals surface area contributed by atoms with Crippen molar-refractivity contribution >= 4 is 64.9 Å². The predicted molar refractivity (Wildman–Crippen MR) is 171 cm³/mol. The van der Waals surface area contributed by atoms with Gasteiger partial charge in [-0.1, -0.05) is 36.4 Å². The molecule has 5 aromatic carbocycles. The smallest absolute Gasteiger partial charge is 0.101 e. The number of aromatic nitrogens is 6. The third-order valence-corrected chi connectivity index (χ3v) is 8.47. The number of pyridine rings is 2. The molecule has 0 aliphatic heterocycles. The average molecular weight is 541 g/mol. The first-order valence-corrected chi connectivity index (χ1v) is 14.0. The van der Waals surface area contributed by atoms with E-state index in [9.17, 15) is 0 Å². The first-order chi connectivity index (χ1) is 20.6. The standard InChI is InChI=1S/C36H24N6/c1-41-19-23-7-9-27-29(21-5-3-11-37-17-21)13-25-16-32-26(15-31(25)33(27)35(23)39-41)14-30(22-6-4-12-38-18-22)28-10-8-24-20-42(2)40-36(24)34(28)32/h3-20H,1-2H3. The molecule has 4 aromatic heterocycles. The lowest BCUT2D eigenvalue weighted by molar-refractivity contribution is 0.780. The molecule has 0 bridgehead atoms. The summed E-state index contributed by atoms with van der Waals surface area (Å²) in [6.07, 6.45) is 11.7. The molecule has 0 aliphatic carbocycles. The Balaban J connectivity index is 1.52. The zero-order chi connectivity index (χ0) is 27.9. The van der Waals surface area contributed by atoms with Crippen molar-refractivity contribution in [2.45, 2.75) is 0 Å². The van der Waals surface area contributed by atoms with Crippen molar-refractivity contribution < 1.29 is 0 Å². The molecule has 0 saturated heterocycles. The minimum atomic E-state index is 1.01. The molecule has 9 aromatic rings. The van der Waals surface area contributed by atoms with E-state index in [1.807, 2.05) is 60.4 Å². The summed E-state index contributed by atoms with van der Waals surface area (Å²) in [5.41, 5.74) is 6.48. The molecule has 0 atom stereocenters. The van der Waals surface area contributed by atoms with Crippen molar-refractivity contribution in [3.8, 4) is 22.3 Å². The van der Waals surface area contributed by atoms with Crippen molar-refractivity contribution in [1.29, 1.82) is 0 Å². The molecule has 4 heterocycles. The van der Waals surface area contributed by atoms with Crippen molar-refractivity contribution in [3.05, 3.63) is 110 Å². The van der Waals surface area contributed by atoms with Crippen molar-refractivity contribution in [3.63, 3.8) is 0 Å². The van der Waals surface area contributed by atoms with E-state index in [4.69, 9.17) is 10.2 Å². The third kappa shape index (κ3) is 3.26. The summed E-state index contributed by atoms with van der Waals surface area (Å²) >= 11 is 0. The normalized spacial score (nSPS) is 12.0. The number of hydrogen-bond acceptors (Lipinski definition) is 4. The van der Waals surface area contributed by atoms with Gasteiger partial charge in [0.2, 0.25) is 0 Å². The molecular weight excluding hydrogens is 516 g/mol. The highest BCUT2D eigenvalue weighted by Crippen LogP contribution is 2.43. The van der Waals surface area contributed by atoms with Gasteiger partial charge in [0.1, 0.15) is 11.0 Å². The second-order valence-corrected chi connectivity index (χ2v) is 11.1. The molecule has 0 saturated carbocycles. The van der Waals surface area contributed by atoms with Crippen LogP contribution in [-0.2, 0) is 14.1 Å². The second-order valence-electron chi connectivity index (χ2n) is 11.1. The fourth-order valence-corrected chi connectivity index (χ4v) is 6.70. The van der Waals surface area contributed by atoms with Crippen LogP contribution >= 0.6 is 0 Å². The highest BCUT2D eigenvalue weighted by molar-refractivity contribution is 6.29. The summed E-state index contributed by atoms with van der Waals surface area (Å²) in [5.74, 6) is 0. The topological polar surface area (TPSA) is 61.4 Å². The fourth-order valence-electron chi connectivity index (χ4n) is 6.70. The molecule has 6 heteroatoms. The van der Waals surface area contributed by atoms with Gasteiger partial charge in [-0.15, -0.1) is 0 Å². The average Bonchev–Trinajstić information content (AvgIpc) is 3.60. The van der Waals surface area contributed by atoms with Crippen LogP contribution in [0.25, 0.3) is 87.1 Å². The number of hydrogen-bond donors (Lipinski definition) is 0. The van der Waals surface area contributed by atoms with Crippen LogP contribution < -0.4 is 0 Å². The summed E-state index contributed by atoms with van der Waals surface area (Å²) < 4.78 is 3.80. The summed E-state index contributed by atoms with van der Waals surface area (Å²) in [4.78, 5) is 8.89. The lowest BCUT2D eigenvalue weighted by Gasteiger charge is -2.15. The van der Waals surface area contributed by atoms with Crippen molar-refractivity contribution in [2.24, 2.45) is 14.1 Å². The molecule has 0 unspecified atom stereocenters. The van der Waals surface area contributed by atoms with Crippen LogP contribution in [0.2, 0.25) is 0 Å². The molecule has 198 valence electrons. The monoisotopic (exact) mass is 540 g/mol. The molecule has 0 amide bonds. The predicted octanol–water partition coefficient (Wildman–Crippen LogP) is 8.20. The lowest BCUT2D eigenvalue weighted by Crippen LogP contribution is -1.91. The molecule has 0 spiro atoms. The van der Waals surface area contributed by atoms with Crippen LogP contribution in [0.15, 0.2) is 110 Å². The summed E-state index contributed by atoms with van der Waals surface area (Å²) in [6, 6.07) is 26.3. The molecule has 9 rings (SSSR count). The summed E-state index contributed by atoms with van der Waals surface area (Å²) in [7, 11) is 3.97. The van der Waals surface area contributed by atoms with Crippen LogP contribution in [0.1, 0.15) is 0 Å². The maximum absolute atomic E-state index is 4.95. The Kier molecular flexibility index (Phi) is 4.65. The van der Waals surface area contributed by atoms with E-state index in [2.05, 4.69) is 83.0 Å². The second kappa shape index (κ2) is 8.44. The van der Waals surface area contributed by atoms with Gasteiger partial charge < -0.3 is 0 Å². The maximum atomic E-state index is 4.95. The van der Waals surface area contributed by atoms with Crippen molar-refractivity contribution in [2.75, 3.05) is 0 Å². The van der Waals surface area contributed by atoms with E-state index in [1.54, 1.807) is 0 Å². The fraction of sp³-hybridized carbons (Fsp3) is 0.0556. The summed E-state index contributed by atoms with van der Waals surface area (Å²) in [5, 5.41) is 21.5.